The van der Waals surface area contributed by atoms with Crippen molar-refractivity contribution in [1.29, 1.82) is 0 Å². The molecule has 2 N–H and O–H groups in total. The molecule has 0 heterocycles. The van der Waals surface area contributed by atoms with E-state index < -0.39 is 0 Å². The second-order valence-corrected chi connectivity index (χ2v) is 6.13. The van der Waals surface area contributed by atoms with Gasteiger partial charge in [0.2, 0.25) is 0 Å². The van der Waals surface area contributed by atoms with E-state index in [9.17, 15) is 0 Å². The predicted molar refractivity (Wildman–Crippen MR) is 117 cm³/mol. The summed E-state index contributed by atoms with van der Waals surface area (Å²) in [5.41, 5.74) is 1.44. The van der Waals surface area contributed by atoms with E-state index in [0.29, 0.717) is 0 Å². The van der Waals surface area contributed by atoms with Crippen LogP contribution in [0.1, 0.15) is 64.2 Å². The summed E-state index contributed by atoms with van der Waals surface area (Å²) in [6.45, 7) is 14.5. The molecular formula is C24H40O2. The molecule has 0 aromatic rings. The Morgan fingerprint density at radius 2 is 1.65 bits per heavy atom. The van der Waals surface area contributed by atoms with Crippen LogP contribution >= 0.6 is 0 Å². The molecule has 0 aliphatic heterocycles. The summed E-state index contributed by atoms with van der Waals surface area (Å²) in [6.07, 6.45) is 24.3. The smallest absolute Gasteiger partial charge is 0.0718 e. The highest BCUT2D eigenvalue weighted by molar-refractivity contribution is 5.17. The average Bonchev–Trinajstić information content (AvgIpc) is 2.69. The van der Waals surface area contributed by atoms with E-state index in [1.807, 2.05) is 24.3 Å². The third kappa shape index (κ3) is 22.4. The van der Waals surface area contributed by atoms with Crippen LogP contribution in [-0.2, 0) is 0 Å². The third-order valence-electron chi connectivity index (χ3n) is 3.82. The maximum atomic E-state index is 8.93. The Kier molecular flexibility index (Phi) is 23.9. The van der Waals surface area contributed by atoms with Gasteiger partial charge in [0.25, 0.3) is 0 Å². The van der Waals surface area contributed by atoms with E-state index in [1.165, 1.54) is 31.3 Å². The molecule has 0 aromatic heterocycles. The molecule has 1 rings (SSSR count). The standard InChI is InChI=1S/2C8H14O.C8H12/c1-3-5-6-7-8(9)4-2;1-2-3-4-5-6-7-8-9;1-2-8-6-4-3-5-7-8/h3-4,8-9H,1-2,5-7H2;2,6-7,9H,1,3-5,8H2;2,6H,1,3-5,7H2. The second-order valence-electron chi connectivity index (χ2n) is 6.13. The summed E-state index contributed by atoms with van der Waals surface area (Å²) in [4.78, 5) is 0. The van der Waals surface area contributed by atoms with E-state index in [1.54, 1.807) is 12.2 Å². The van der Waals surface area contributed by atoms with Gasteiger partial charge in [-0.1, -0.05) is 54.7 Å². The Bertz CT molecular complexity index is 404. The van der Waals surface area contributed by atoms with Crippen LogP contribution in [0.2, 0.25) is 0 Å². The highest BCUT2D eigenvalue weighted by atomic mass is 16.3. The molecule has 148 valence electrons. The van der Waals surface area contributed by atoms with Crippen LogP contribution in [0.15, 0.2) is 74.4 Å². The van der Waals surface area contributed by atoms with Crippen LogP contribution < -0.4 is 0 Å². The van der Waals surface area contributed by atoms with Crippen molar-refractivity contribution in [3.05, 3.63) is 74.4 Å². The van der Waals surface area contributed by atoms with Gasteiger partial charge < -0.3 is 10.2 Å². The minimum absolute atomic E-state index is 0.161. The van der Waals surface area contributed by atoms with Crippen molar-refractivity contribution in [2.24, 2.45) is 0 Å². The first-order chi connectivity index (χ1) is 12.7. The summed E-state index contributed by atoms with van der Waals surface area (Å²) in [5, 5.41) is 17.2. The highest BCUT2D eigenvalue weighted by Crippen LogP contribution is 2.16. The van der Waals surface area contributed by atoms with Gasteiger partial charge in [-0.15, -0.1) is 19.7 Å². The number of allylic oxidation sites excluding steroid dienone is 6. The van der Waals surface area contributed by atoms with E-state index in [2.05, 4.69) is 32.4 Å². The largest absolute Gasteiger partial charge is 0.392 e. The van der Waals surface area contributed by atoms with Crippen molar-refractivity contribution in [3.63, 3.8) is 0 Å². The van der Waals surface area contributed by atoms with Gasteiger partial charge in [0.15, 0.2) is 0 Å². The Morgan fingerprint density at radius 3 is 2.12 bits per heavy atom. The zero-order valence-electron chi connectivity index (χ0n) is 16.6. The van der Waals surface area contributed by atoms with Crippen molar-refractivity contribution in [3.8, 4) is 0 Å². The minimum Gasteiger partial charge on any atom is -0.392 e. The van der Waals surface area contributed by atoms with E-state index in [0.717, 1.165) is 38.5 Å². The lowest BCUT2D eigenvalue weighted by molar-refractivity contribution is 0.210. The molecule has 0 amide bonds. The van der Waals surface area contributed by atoms with Gasteiger partial charge in [-0.05, 0) is 64.2 Å². The Hall–Kier alpha value is -1.64. The van der Waals surface area contributed by atoms with Crippen LogP contribution in [0.4, 0.5) is 0 Å². The summed E-state index contributed by atoms with van der Waals surface area (Å²) in [6, 6.07) is 0. The SMILES string of the molecule is C=CC1=CCCCC1.C=CCCCC(O)C=C.C=CCCCC=CCO. The number of aliphatic hydroxyl groups is 2. The lowest BCUT2D eigenvalue weighted by Gasteiger charge is -2.06. The van der Waals surface area contributed by atoms with Gasteiger partial charge >= 0.3 is 0 Å². The molecule has 0 aromatic carbocycles. The fourth-order valence-corrected chi connectivity index (χ4v) is 2.21. The minimum atomic E-state index is -0.329. The summed E-state index contributed by atoms with van der Waals surface area (Å²) < 4.78 is 0. The van der Waals surface area contributed by atoms with Crippen molar-refractivity contribution < 1.29 is 10.2 Å². The number of unbranched alkanes of at least 4 members (excludes halogenated alkanes) is 3. The molecule has 1 aliphatic rings. The van der Waals surface area contributed by atoms with Crippen molar-refractivity contribution in [1.82, 2.24) is 0 Å². The summed E-state index contributed by atoms with van der Waals surface area (Å²) in [5.74, 6) is 0. The van der Waals surface area contributed by atoms with E-state index in [4.69, 9.17) is 10.2 Å². The topological polar surface area (TPSA) is 40.5 Å². The fourth-order valence-electron chi connectivity index (χ4n) is 2.21. The zero-order chi connectivity index (χ0) is 19.9. The second kappa shape index (κ2) is 23.4. The Labute approximate surface area is 162 Å². The van der Waals surface area contributed by atoms with Crippen molar-refractivity contribution in [2.45, 2.75) is 70.3 Å². The van der Waals surface area contributed by atoms with Crippen molar-refractivity contribution >= 4 is 0 Å². The highest BCUT2D eigenvalue weighted by Gasteiger charge is 1.97. The first-order valence-corrected chi connectivity index (χ1v) is 9.75. The monoisotopic (exact) mass is 360 g/mol. The molecule has 2 nitrogen and oxygen atoms in total. The number of hydrogen-bond donors (Lipinski definition) is 2. The predicted octanol–water partition coefficient (Wildman–Crippen LogP) is 6.45. The van der Waals surface area contributed by atoms with Gasteiger partial charge in [-0.2, -0.15) is 0 Å². The lowest BCUT2D eigenvalue weighted by Crippen LogP contribution is -1.99. The van der Waals surface area contributed by atoms with Crippen LogP contribution in [0.5, 0.6) is 0 Å². The molecule has 0 spiro atoms. The fraction of sp³-hybridized carbons (Fsp3) is 0.500. The molecule has 0 saturated carbocycles. The molecule has 0 bridgehead atoms. The maximum Gasteiger partial charge on any atom is 0.0718 e. The molecule has 1 aliphatic carbocycles. The average molecular weight is 361 g/mol. The van der Waals surface area contributed by atoms with Crippen molar-refractivity contribution in [2.75, 3.05) is 6.61 Å². The summed E-state index contributed by atoms with van der Waals surface area (Å²) in [7, 11) is 0. The Morgan fingerprint density at radius 1 is 0.962 bits per heavy atom. The van der Waals surface area contributed by atoms with Crippen LogP contribution in [-0.4, -0.2) is 22.9 Å². The molecule has 0 saturated heterocycles. The van der Waals surface area contributed by atoms with Gasteiger partial charge in [-0.25, -0.2) is 0 Å². The van der Waals surface area contributed by atoms with Crippen LogP contribution in [0, 0.1) is 0 Å². The molecule has 26 heavy (non-hydrogen) atoms. The number of rotatable bonds is 11. The maximum absolute atomic E-state index is 8.93. The summed E-state index contributed by atoms with van der Waals surface area (Å²) >= 11 is 0. The lowest BCUT2D eigenvalue weighted by atomic mass is 10.0. The Balaban J connectivity index is 0. The molecule has 1 unspecified atom stereocenters. The van der Waals surface area contributed by atoms with Gasteiger partial charge in [-0.3, -0.25) is 0 Å². The van der Waals surface area contributed by atoms with Crippen LogP contribution in [0.3, 0.4) is 0 Å². The quantitative estimate of drug-likeness (QED) is 0.328. The molecular weight excluding hydrogens is 320 g/mol. The van der Waals surface area contributed by atoms with E-state index in [-0.39, 0.29) is 12.7 Å². The first-order valence-electron chi connectivity index (χ1n) is 9.75. The zero-order valence-corrected chi connectivity index (χ0v) is 16.6. The molecule has 2 heteroatoms. The third-order valence-corrected chi connectivity index (χ3v) is 3.82. The first kappa shape index (κ1) is 26.6. The molecule has 1 atom stereocenters. The van der Waals surface area contributed by atoms with E-state index >= 15 is 0 Å². The number of aliphatic hydroxyl groups excluding tert-OH is 2. The molecule has 0 fully saturated rings. The van der Waals surface area contributed by atoms with Gasteiger partial charge in [0.1, 0.15) is 0 Å². The molecule has 0 radical (unpaired) electrons. The van der Waals surface area contributed by atoms with Crippen LogP contribution in [0.25, 0.3) is 0 Å². The normalized spacial score (nSPS) is 14.0. The van der Waals surface area contributed by atoms with Gasteiger partial charge in [0.05, 0.1) is 12.7 Å². The number of hydrogen-bond acceptors (Lipinski definition) is 2. The van der Waals surface area contributed by atoms with Gasteiger partial charge in [0, 0.05) is 0 Å².